The average Bonchev–Trinajstić information content (AvgIpc) is 3.46. The van der Waals surface area contributed by atoms with E-state index in [4.69, 9.17) is 4.74 Å². The zero-order chi connectivity index (χ0) is 21.1. The Morgan fingerprint density at radius 1 is 1.17 bits per heavy atom. The van der Waals surface area contributed by atoms with E-state index in [9.17, 15) is 9.59 Å². The molecular formula is C22H21N3O3S2. The normalized spacial score (nSPS) is 11.0. The van der Waals surface area contributed by atoms with Gasteiger partial charge in [0.25, 0.3) is 5.91 Å². The lowest BCUT2D eigenvalue weighted by Gasteiger charge is -2.05. The number of carbonyl (C=O) groups excluding carboxylic acids is 2. The van der Waals surface area contributed by atoms with Gasteiger partial charge in [0.05, 0.1) is 18.8 Å². The fourth-order valence-corrected chi connectivity index (χ4v) is 4.74. The average molecular weight is 440 g/mol. The van der Waals surface area contributed by atoms with E-state index in [1.165, 1.54) is 16.9 Å². The van der Waals surface area contributed by atoms with Crippen LogP contribution in [-0.4, -0.2) is 28.3 Å². The minimum absolute atomic E-state index is 0.299. The Hall–Kier alpha value is -2.97. The molecule has 0 bridgehead atoms. The fraction of sp³-hybridized carbons (Fsp3) is 0.227. The van der Waals surface area contributed by atoms with Crippen molar-refractivity contribution < 1.29 is 14.3 Å². The maximum atomic E-state index is 12.4. The standard InChI is InChI=1S/C22H21N3O3S2/c1-14-5-7-16(8-6-14)12-25-21-18(15(2)24-25)10-19(30-21)22(27)28-13-20(26)23-11-17-4-3-9-29-17/h3-10H,11-13H2,1-2H3,(H,23,26). The third-order valence-corrected chi connectivity index (χ3v) is 6.64. The van der Waals surface area contributed by atoms with Gasteiger partial charge in [-0.1, -0.05) is 35.9 Å². The van der Waals surface area contributed by atoms with Crippen LogP contribution in [0, 0.1) is 13.8 Å². The number of carbonyl (C=O) groups is 2. The number of amides is 1. The zero-order valence-corrected chi connectivity index (χ0v) is 18.3. The SMILES string of the molecule is Cc1ccc(Cn2nc(C)c3cc(C(=O)OCC(=O)NCc4cccs4)sc32)cc1. The molecule has 1 amide bonds. The van der Waals surface area contributed by atoms with Crippen LogP contribution in [-0.2, 0) is 22.6 Å². The summed E-state index contributed by atoms with van der Waals surface area (Å²) in [5.74, 6) is -0.816. The molecular weight excluding hydrogens is 418 g/mol. The minimum atomic E-state index is -0.497. The van der Waals surface area contributed by atoms with Crippen molar-refractivity contribution in [3.05, 3.63) is 74.4 Å². The third kappa shape index (κ3) is 4.60. The summed E-state index contributed by atoms with van der Waals surface area (Å²) in [4.78, 5) is 26.8. The van der Waals surface area contributed by atoms with Gasteiger partial charge >= 0.3 is 5.97 Å². The van der Waals surface area contributed by atoms with Crippen molar-refractivity contribution in [1.82, 2.24) is 15.1 Å². The van der Waals surface area contributed by atoms with Gasteiger partial charge in [-0.2, -0.15) is 5.10 Å². The molecule has 1 N–H and O–H groups in total. The highest BCUT2D eigenvalue weighted by atomic mass is 32.1. The van der Waals surface area contributed by atoms with Gasteiger partial charge in [-0.05, 0) is 36.9 Å². The number of hydrogen-bond donors (Lipinski definition) is 1. The lowest BCUT2D eigenvalue weighted by molar-refractivity contribution is -0.124. The Balaban J connectivity index is 1.40. The van der Waals surface area contributed by atoms with Crippen molar-refractivity contribution in [2.24, 2.45) is 0 Å². The molecule has 0 atom stereocenters. The van der Waals surface area contributed by atoms with Gasteiger partial charge in [0.2, 0.25) is 0 Å². The first-order valence-corrected chi connectivity index (χ1v) is 11.2. The molecule has 0 aliphatic rings. The van der Waals surface area contributed by atoms with E-state index in [0.717, 1.165) is 26.4 Å². The second-order valence-corrected chi connectivity index (χ2v) is 9.05. The summed E-state index contributed by atoms with van der Waals surface area (Å²) < 4.78 is 7.11. The zero-order valence-electron chi connectivity index (χ0n) is 16.7. The first-order valence-electron chi connectivity index (χ1n) is 9.48. The van der Waals surface area contributed by atoms with Gasteiger partial charge in [0.1, 0.15) is 9.71 Å². The molecule has 4 aromatic rings. The molecule has 6 nitrogen and oxygen atoms in total. The van der Waals surface area contributed by atoms with Crippen molar-refractivity contribution in [2.45, 2.75) is 26.9 Å². The van der Waals surface area contributed by atoms with E-state index in [-0.39, 0.29) is 12.5 Å². The molecule has 0 unspecified atom stereocenters. The van der Waals surface area contributed by atoms with Crippen LogP contribution in [0.5, 0.6) is 0 Å². The van der Waals surface area contributed by atoms with E-state index in [0.29, 0.717) is 18.0 Å². The second-order valence-electron chi connectivity index (χ2n) is 6.99. The minimum Gasteiger partial charge on any atom is -0.451 e. The Bertz CT molecular complexity index is 1170. The molecule has 0 saturated heterocycles. The van der Waals surface area contributed by atoms with Crippen LogP contribution in [0.25, 0.3) is 10.2 Å². The number of aryl methyl sites for hydroxylation is 2. The Morgan fingerprint density at radius 3 is 2.70 bits per heavy atom. The number of nitrogens with one attached hydrogen (secondary N) is 1. The number of rotatable bonds is 7. The topological polar surface area (TPSA) is 73.2 Å². The summed E-state index contributed by atoms with van der Waals surface area (Å²) in [6.07, 6.45) is 0. The number of esters is 1. The Morgan fingerprint density at radius 2 is 1.97 bits per heavy atom. The number of hydrogen-bond acceptors (Lipinski definition) is 6. The van der Waals surface area contributed by atoms with Gasteiger partial charge in [0, 0.05) is 10.3 Å². The number of ether oxygens (including phenoxy) is 1. The largest absolute Gasteiger partial charge is 0.451 e. The van der Waals surface area contributed by atoms with Crippen LogP contribution in [0.15, 0.2) is 47.8 Å². The van der Waals surface area contributed by atoms with E-state index in [1.807, 2.05) is 29.1 Å². The van der Waals surface area contributed by atoms with E-state index < -0.39 is 5.97 Å². The predicted octanol–water partition coefficient (Wildman–Crippen LogP) is 4.30. The number of fused-ring (bicyclic) bond motifs is 1. The Labute approximate surface area is 182 Å². The van der Waals surface area contributed by atoms with Crippen molar-refractivity contribution in [1.29, 1.82) is 0 Å². The van der Waals surface area contributed by atoms with Crippen LogP contribution in [0.3, 0.4) is 0 Å². The molecule has 3 heterocycles. The number of nitrogens with zero attached hydrogens (tertiary/aromatic N) is 2. The van der Waals surface area contributed by atoms with Crippen molar-refractivity contribution in [3.63, 3.8) is 0 Å². The highest BCUT2D eigenvalue weighted by Gasteiger charge is 2.18. The third-order valence-electron chi connectivity index (χ3n) is 4.64. The molecule has 3 aromatic heterocycles. The van der Waals surface area contributed by atoms with Crippen molar-refractivity contribution in [3.8, 4) is 0 Å². The number of aromatic nitrogens is 2. The van der Waals surface area contributed by atoms with Gasteiger partial charge in [-0.15, -0.1) is 22.7 Å². The van der Waals surface area contributed by atoms with Crippen LogP contribution >= 0.6 is 22.7 Å². The van der Waals surface area contributed by atoms with Gasteiger partial charge in [-0.3, -0.25) is 9.48 Å². The molecule has 0 saturated carbocycles. The predicted molar refractivity (Wildman–Crippen MR) is 119 cm³/mol. The highest BCUT2D eigenvalue weighted by Crippen LogP contribution is 2.29. The lowest BCUT2D eigenvalue weighted by atomic mass is 10.1. The van der Waals surface area contributed by atoms with E-state index in [1.54, 1.807) is 17.4 Å². The maximum absolute atomic E-state index is 12.4. The second kappa shape index (κ2) is 8.81. The fourth-order valence-electron chi connectivity index (χ4n) is 3.04. The molecule has 8 heteroatoms. The molecule has 154 valence electrons. The summed E-state index contributed by atoms with van der Waals surface area (Å²) in [6.45, 7) is 4.75. The lowest BCUT2D eigenvalue weighted by Crippen LogP contribution is -2.27. The monoisotopic (exact) mass is 439 g/mol. The molecule has 1 aromatic carbocycles. The Kier molecular flexibility index (Phi) is 5.96. The molecule has 30 heavy (non-hydrogen) atoms. The van der Waals surface area contributed by atoms with Crippen molar-refractivity contribution in [2.75, 3.05) is 6.61 Å². The maximum Gasteiger partial charge on any atom is 0.348 e. The van der Waals surface area contributed by atoms with E-state index >= 15 is 0 Å². The molecule has 0 aliphatic heterocycles. The first kappa shape index (κ1) is 20.3. The summed E-state index contributed by atoms with van der Waals surface area (Å²) in [5, 5.41) is 10.2. The molecule has 0 aliphatic carbocycles. The summed E-state index contributed by atoms with van der Waals surface area (Å²) in [7, 11) is 0. The smallest absolute Gasteiger partial charge is 0.348 e. The van der Waals surface area contributed by atoms with Crippen LogP contribution in [0.1, 0.15) is 31.4 Å². The summed E-state index contributed by atoms with van der Waals surface area (Å²) in [6, 6.07) is 14.0. The van der Waals surface area contributed by atoms with Crippen LogP contribution in [0.4, 0.5) is 0 Å². The van der Waals surface area contributed by atoms with Crippen molar-refractivity contribution >= 4 is 44.8 Å². The summed E-state index contributed by atoms with van der Waals surface area (Å²) >= 11 is 2.90. The quantitative estimate of drug-likeness (QED) is 0.436. The number of thiophene rings is 2. The van der Waals surface area contributed by atoms with Gasteiger partial charge in [-0.25, -0.2) is 4.79 Å². The van der Waals surface area contributed by atoms with Gasteiger partial charge in [0.15, 0.2) is 6.61 Å². The van der Waals surface area contributed by atoms with E-state index in [2.05, 4.69) is 41.6 Å². The molecule has 0 radical (unpaired) electrons. The number of benzene rings is 1. The van der Waals surface area contributed by atoms with Gasteiger partial charge < -0.3 is 10.1 Å². The molecule has 0 spiro atoms. The first-order chi connectivity index (χ1) is 14.5. The molecule has 4 rings (SSSR count). The highest BCUT2D eigenvalue weighted by molar-refractivity contribution is 7.20. The molecule has 0 fully saturated rings. The summed E-state index contributed by atoms with van der Waals surface area (Å²) in [5.41, 5.74) is 3.21. The van der Waals surface area contributed by atoms with Crippen LogP contribution < -0.4 is 5.32 Å². The van der Waals surface area contributed by atoms with Crippen LogP contribution in [0.2, 0.25) is 0 Å².